The van der Waals surface area contributed by atoms with Crippen molar-refractivity contribution >= 4 is 11.8 Å². The van der Waals surface area contributed by atoms with Crippen molar-refractivity contribution in [3.63, 3.8) is 0 Å². The first-order valence-corrected chi connectivity index (χ1v) is 10.2. The number of amides is 2. The number of imidazole rings is 1. The summed E-state index contributed by atoms with van der Waals surface area (Å²) in [5.41, 5.74) is -0.0983. The molecular formula is C20H24N6O3. The molecule has 1 spiro atoms. The average molecular weight is 396 g/mol. The molecule has 2 fully saturated rings. The van der Waals surface area contributed by atoms with Crippen LogP contribution >= 0.6 is 0 Å². The topological polar surface area (TPSA) is 93.5 Å². The van der Waals surface area contributed by atoms with Crippen LogP contribution in [0.1, 0.15) is 41.9 Å². The van der Waals surface area contributed by atoms with Crippen LogP contribution in [0.25, 0.3) is 0 Å². The van der Waals surface area contributed by atoms with Gasteiger partial charge in [-0.05, 0) is 18.9 Å². The second-order valence-electron chi connectivity index (χ2n) is 7.96. The van der Waals surface area contributed by atoms with Crippen molar-refractivity contribution in [2.45, 2.75) is 43.9 Å². The van der Waals surface area contributed by atoms with E-state index in [0.29, 0.717) is 38.0 Å². The monoisotopic (exact) mass is 396 g/mol. The molecule has 152 valence electrons. The Morgan fingerprint density at radius 1 is 1.03 bits per heavy atom. The highest BCUT2D eigenvalue weighted by atomic mass is 16.5. The Labute approximate surface area is 168 Å². The molecule has 0 unspecified atom stereocenters. The smallest absolute Gasteiger partial charge is 0.255 e. The largest absolute Gasteiger partial charge is 0.352 e. The lowest BCUT2D eigenvalue weighted by Gasteiger charge is -2.46. The number of likely N-dealkylation sites (tertiary alicyclic amines) is 2. The predicted octanol–water partition coefficient (Wildman–Crippen LogP) is 0.826. The van der Waals surface area contributed by atoms with Gasteiger partial charge in [-0.3, -0.25) is 9.59 Å². The number of carbonyl (C=O) groups excluding carboxylic acids is 2. The number of rotatable bonds is 2. The summed E-state index contributed by atoms with van der Waals surface area (Å²) in [6.07, 6.45) is 9.53. The Balaban J connectivity index is 1.34. The highest BCUT2D eigenvalue weighted by Gasteiger charge is 2.48. The number of ether oxygens (including phenoxy) is 1. The minimum atomic E-state index is -0.630. The van der Waals surface area contributed by atoms with Gasteiger partial charge in [-0.15, -0.1) is 0 Å². The standard InChI is InChI=1S/C20H24N6O3/c27-17(15-3-6-22-23-13-15)25-10-4-20(5-11-25)19-21-7-12-26(19)14-16(29-20)18(28)24-8-1-2-9-24/h3,6-7,12-13,16H,1-2,4-5,8-11,14H2/t16-/m1/s1. The second-order valence-corrected chi connectivity index (χ2v) is 7.96. The molecule has 0 bridgehead atoms. The third-order valence-corrected chi connectivity index (χ3v) is 6.24. The van der Waals surface area contributed by atoms with E-state index in [2.05, 4.69) is 15.2 Å². The van der Waals surface area contributed by atoms with Crippen molar-refractivity contribution in [2.75, 3.05) is 26.2 Å². The van der Waals surface area contributed by atoms with Gasteiger partial charge in [0, 0.05) is 51.4 Å². The van der Waals surface area contributed by atoms with Gasteiger partial charge in [-0.25, -0.2) is 4.98 Å². The highest BCUT2D eigenvalue weighted by molar-refractivity contribution is 5.93. The number of fused-ring (bicyclic) bond motifs is 2. The van der Waals surface area contributed by atoms with Crippen molar-refractivity contribution in [1.82, 2.24) is 29.5 Å². The zero-order chi connectivity index (χ0) is 19.8. The van der Waals surface area contributed by atoms with Crippen molar-refractivity contribution in [3.8, 4) is 0 Å². The first kappa shape index (κ1) is 18.2. The van der Waals surface area contributed by atoms with E-state index in [0.717, 1.165) is 31.8 Å². The SMILES string of the molecule is O=C(c1ccnnc1)N1CCC2(CC1)O[C@@H](C(=O)N1CCCC1)Cn1ccnc12. The molecule has 2 saturated heterocycles. The molecule has 0 N–H and O–H groups in total. The average Bonchev–Trinajstić information content (AvgIpc) is 3.46. The van der Waals surface area contributed by atoms with Crippen LogP contribution in [0, 0.1) is 0 Å². The van der Waals surface area contributed by atoms with Gasteiger partial charge in [0.25, 0.3) is 11.8 Å². The molecule has 9 nitrogen and oxygen atoms in total. The number of carbonyl (C=O) groups is 2. The van der Waals surface area contributed by atoms with Crippen molar-refractivity contribution in [2.24, 2.45) is 0 Å². The van der Waals surface area contributed by atoms with E-state index in [-0.39, 0.29) is 11.8 Å². The summed E-state index contributed by atoms with van der Waals surface area (Å²) in [6, 6.07) is 1.67. The van der Waals surface area contributed by atoms with Crippen LogP contribution in [-0.4, -0.2) is 73.6 Å². The summed E-state index contributed by atoms with van der Waals surface area (Å²) in [7, 11) is 0. The lowest BCUT2D eigenvalue weighted by atomic mass is 9.88. The molecule has 2 aromatic heterocycles. The summed E-state index contributed by atoms with van der Waals surface area (Å²) in [4.78, 5) is 34.0. The van der Waals surface area contributed by atoms with Gasteiger partial charge in [-0.1, -0.05) is 0 Å². The summed E-state index contributed by atoms with van der Waals surface area (Å²) < 4.78 is 8.52. The Hall–Kier alpha value is -2.81. The number of hydrogen-bond acceptors (Lipinski definition) is 6. The van der Waals surface area contributed by atoms with E-state index in [1.165, 1.54) is 12.4 Å². The van der Waals surface area contributed by atoms with Crippen LogP contribution in [-0.2, 0) is 21.7 Å². The molecule has 3 aliphatic rings. The molecule has 29 heavy (non-hydrogen) atoms. The number of nitrogens with zero attached hydrogens (tertiary/aromatic N) is 6. The van der Waals surface area contributed by atoms with E-state index in [9.17, 15) is 9.59 Å². The highest BCUT2D eigenvalue weighted by Crippen LogP contribution is 2.40. The van der Waals surface area contributed by atoms with Gasteiger partial charge in [0.2, 0.25) is 0 Å². The summed E-state index contributed by atoms with van der Waals surface area (Å²) >= 11 is 0. The van der Waals surface area contributed by atoms with E-state index in [4.69, 9.17) is 4.74 Å². The zero-order valence-corrected chi connectivity index (χ0v) is 16.2. The minimum absolute atomic E-state index is 0.0569. The first-order valence-electron chi connectivity index (χ1n) is 10.2. The van der Waals surface area contributed by atoms with Gasteiger partial charge in [-0.2, -0.15) is 10.2 Å². The quantitative estimate of drug-likeness (QED) is 0.746. The van der Waals surface area contributed by atoms with Crippen molar-refractivity contribution in [1.29, 1.82) is 0 Å². The summed E-state index contributed by atoms with van der Waals surface area (Å²) in [5, 5.41) is 7.53. The van der Waals surface area contributed by atoms with E-state index >= 15 is 0 Å². The van der Waals surface area contributed by atoms with Crippen molar-refractivity contribution < 1.29 is 14.3 Å². The first-order chi connectivity index (χ1) is 14.2. The fourth-order valence-electron chi connectivity index (χ4n) is 4.68. The fourth-order valence-corrected chi connectivity index (χ4v) is 4.68. The molecular weight excluding hydrogens is 372 g/mol. The maximum atomic E-state index is 13.0. The van der Waals surface area contributed by atoms with Crippen LogP contribution in [0.5, 0.6) is 0 Å². The van der Waals surface area contributed by atoms with E-state index in [1.807, 2.05) is 20.6 Å². The molecule has 0 aromatic carbocycles. The lowest BCUT2D eigenvalue weighted by molar-refractivity contribution is -0.179. The van der Waals surface area contributed by atoms with E-state index < -0.39 is 11.7 Å². The van der Waals surface area contributed by atoms with Crippen LogP contribution in [0.15, 0.2) is 30.9 Å². The Morgan fingerprint density at radius 3 is 2.55 bits per heavy atom. The summed E-state index contributed by atoms with van der Waals surface area (Å²) in [6.45, 7) is 3.20. The molecule has 2 amide bonds. The molecule has 2 aromatic rings. The minimum Gasteiger partial charge on any atom is -0.352 e. The Kier molecular flexibility index (Phi) is 4.54. The third-order valence-electron chi connectivity index (χ3n) is 6.24. The Bertz CT molecular complexity index is 900. The molecule has 0 radical (unpaired) electrons. The molecule has 5 heterocycles. The zero-order valence-electron chi connectivity index (χ0n) is 16.2. The van der Waals surface area contributed by atoms with E-state index in [1.54, 1.807) is 12.3 Å². The lowest BCUT2D eigenvalue weighted by Crippen LogP contribution is -2.55. The predicted molar refractivity (Wildman–Crippen MR) is 102 cm³/mol. The van der Waals surface area contributed by atoms with Crippen molar-refractivity contribution in [3.05, 3.63) is 42.2 Å². The van der Waals surface area contributed by atoms with Crippen LogP contribution in [0.4, 0.5) is 0 Å². The normalized spacial score (nSPS) is 23.2. The number of aromatic nitrogens is 4. The molecule has 0 saturated carbocycles. The molecule has 1 atom stereocenters. The van der Waals surface area contributed by atoms with Gasteiger partial charge in [0.15, 0.2) is 6.10 Å². The van der Waals surface area contributed by atoms with Gasteiger partial charge in [0.05, 0.1) is 24.5 Å². The number of hydrogen-bond donors (Lipinski definition) is 0. The molecule has 3 aliphatic heterocycles. The number of piperidine rings is 1. The van der Waals surface area contributed by atoms with Crippen LogP contribution in [0.2, 0.25) is 0 Å². The third kappa shape index (κ3) is 3.19. The maximum absolute atomic E-state index is 13.0. The van der Waals surface area contributed by atoms with Gasteiger partial charge < -0.3 is 19.1 Å². The second kappa shape index (κ2) is 7.22. The molecule has 9 heteroatoms. The van der Waals surface area contributed by atoms with Gasteiger partial charge >= 0.3 is 0 Å². The molecule has 5 rings (SSSR count). The van der Waals surface area contributed by atoms with Crippen LogP contribution < -0.4 is 0 Å². The fraction of sp³-hybridized carbons (Fsp3) is 0.550. The maximum Gasteiger partial charge on any atom is 0.255 e. The van der Waals surface area contributed by atoms with Crippen LogP contribution in [0.3, 0.4) is 0 Å². The Morgan fingerprint density at radius 2 is 1.83 bits per heavy atom. The summed E-state index contributed by atoms with van der Waals surface area (Å²) in [5.74, 6) is 0.877. The molecule has 0 aliphatic carbocycles. The van der Waals surface area contributed by atoms with Gasteiger partial charge in [0.1, 0.15) is 11.4 Å².